The number of rotatable bonds is 5. The summed E-state index contributed by atoms with van der Waals surface area (Å²) in [6.45, 7) is 14.1. The molecule has 0 spiro atoms. The van der Waals surface area contributed by atoms with E-state index in [1.54, 1.807) is 23.2 Å². The molecule has 5 rings (SSSR count). The molecule has 10 heteroatoms. The standard InChI is InChI=1S/C30H37N5O5/c1-28(2,3)40-27(37)35-15-17(16-35)38-23-10-9-21(30(6,7)31)19-12-25(32-14-20(19)23)34-24-11-8-18-22(33-24)13-29(4,5)39-26(18)36/h8-12,14,17H,13,15-16,31H2,1-7H3,(H,32,33,34). The molecule has 2 aliphatic rings. The molecule has 1 fully saturated rings. The molecule has 4 heterocycles. The highest BCUT2D eigenvalue weighted by Crippen LogP contribution is 2.36. The van der Waals surface area contributed by atoms with Gasteiger partial charge in [-0.15, -0.1) is 0 Å². The van der Waals surface area contributed by atoms with Crippen molar-refractivity contribution in [3.05, 3.63) is 53.3 Å². The predicted octanol–water partition coefficient (Wildman–Crippen LogP) is 5.06. The van der Waals surface area contributed by atoms with Crippen molar-refractivity contribution in [2.75, 3.05) is 18.4 Å². The lowest BCUT2D eigenvalue weighted by Gasteiger charge is -2.39. The number of carbonyl (C=O) groups excluding carboxylic acids is 2. The van der Waals surface area contributed by atoms with Gasteiger partial charge in [-0.25, -0.2) is 19.6 Å². The molecule has 10 nitrogen and oxygen atoms in total. The van der Waals surface area contributed by atoms with Crippen LogP contribution in [-0.2, 0) is 21.4 Å². The van der Waals surface area contributed by atoms with Gasteiger partial charge in [0.25, 0.3) is 0 Å². The molecule has 0 unspecified atom stereocenters. The Morgan fingerprint density at radius 3 is 2.50 bits per heavy atom. The topological polar surface area (TPSA) is 129 Å². The summed E-state index contributed by atoms with van der Waals surface area (Å²) in [5, 5.41) is 4.99. The summed E-state index contributed by atoms with van der Waals surface area (Å²) < 4.78 is 17.2. The maximum atomic E-state index is 12.3. The largest absolute Gasteiger partial charge is 0.486 e. The van der Waals surface area contributed by atoms with Crippen LogP contribution in [0.3, 0.4) is 0 Å². The number of carbonyl (C=O) groups is 2. The summed E-state index contributed by atoms with van der Waals surface area (Å²) >= 11 is 0. The van der Waals surface area contributed by atoms with Crippen LogP contribution in [-0.4, -0.2) is 57.3 Å². The predicted molar refractivity (Wildman–Crippen MR) is 152 cm³/mol. The Kier molecular flexibility index (Phi) is 6.65. The number of amides is 1. The minimum absolute atomic E-state index is 0.152. The van der Waals surface area contributed by atoms with Crippen LogP contribution in [0.2, 0.25) is 0 Å². The number of cyclic esters (lactones) is 1. The molecule has 1 aromatic carbocycles. The number of pyridine rings is 2. The zero-order chi connectivity index (χ0) is 29.0. The third-order valence-electron chi connectivity index (χ3n) is 6.76. The van der Waals surface area contributed by atoms with Gasteiger partial charge < -0.3 is 30.2 Å². The quantitative estimate of drug-likeness (QED) is 0.421. The van der Waals surface area contributed by atoms with E-state index in [2.05, 4.69) is 15.3 Å². The zero-order valence-corrected chi connectivity index (χ0v) is 24.1. The Balaban J connectivity index is 1.39. The molecule has 1 saturated heterocycles. The fraction of sp³-hybridized carbons (Fsp3) is 0.467. The van der Waals surface area contributed by atoms with Gasteiger partial charge >= 0.3 is 12.1 Å². The lowest BCUT2D eigenvalue weighted by molar-refractivity contribution is -0.0218. The fourth-order valence-corrected chi connectivity index (χ4v) is 4.88. The van der Waals surface area contributed by atoms with E-state index in [-0.39, 0.29) is 18.2 Å². The molecular formula is C30H37N5O5. The van der Waals surface area contributed by atoms with Crippen LogP contribution in [0.4, 0.5) is 16.4 Å². The highest BCUT2D eigenvalue weighted by molar-refractivity contribution is 5.94. The summed E-state index contributed by atoms with van der Waals surface area (Å²) in [5.41, 5.74) is 6.87. The van der Waals surface area contributed by atoms with Gasteiger partial charge in [0.2, 0.25) is 0 Å². The van der Waals surface area contributed by atoms with Crippen molar-refractivity contribution < 1.29 is 23.8 Å². The first-order valence-corrected chi connectivity index (χ1v) is 13.4. The number of likely N-dealkylation sites (tertiary alicyclic amines) is 1. The number of ether oxygens (including phenoxy) is 3. The molecule has 1 amide bonds. The van der Waals surface area contributed by atoms with Gasteiger partial charge in [-0.05, 0) is 83.7 Å². The fourth-order valence-electron chi connectivity index (χ4n) is 4.88. The number of hydrogen-bond donors (Lipinski definition) is 2. The summed E-state index contributed by atoms with van der Waals surface area (Å²) in [5.74, 6) is 1.47. The smallest absolute Gasteiger partial charge is 0.410 e. The van der Waals surface area contributed by atoms with Gasteiger partial charge in [0, 0.05) is 23.5 Å². The van der Waals surface area contributed by atoms with Crippen LogP contribution in [0.5, 0.6) is 5.75 Å². The first-order chi connectivity index (χ1) is 18.6. The second-order valence-corrected chi connectivity index (χ2v) is 12.7. The van der Waals surface area contributed by atoms with E-state index in [4.69, 9.17) is 19.9 Å². The number of hydrogen-bond acceptors (Lipinski definition) is 9. The van der Waals surface area contributed by atoms with Crippen molar-refractivity contribution in [1.29, 1.82) is 0 Å². The number of nitrogens with one attached hydrogen (secondary N) is 1. The van der Waals surface area contributed by atoms with Crippen molar-refractivity contribution in [3.63, 3.8) is 0 Å². The second kappa shape index (κ2) is 9.62. The lowest BCUT2D eigenvalue weighted by atomic mass is 9.90. The van der Waals surface area contributed by atoms with E-state index in [0.29, 0.717) is 48.2 Å². The minimum atomic E-state index is -0.616. The average molecular weight is 548 g/mol. The van der Waals surface area contributed by atoms with Gasteiger partial charge in [-0.2, -0.15) is 0 Å². The number of anilines is 2. The van der Waals surface area contributed by atoms with Gasteiger partial charge in [-0.1, -0.05) is 6.07 Å². The molecule has 0 saturated carbocycles. The number of aromatic nitrogens is 2. The van der Waals surface area contributed by atoms with Gasteiger partial charge in [0.05, 0.1) is 24.3 Å². The zero-order valence-electron chi connectivity index (χ0n) is 24.1. The maximum absolute atomic E-state index is 12.3. The number of nitrogens with two attached hydrogens (primary N) is 1. The number of nitrogens with zero attached hydrogens (tertiary/aromatic N) is 3. The monoisotopic (exact) mass is 547 g/mol. The molecule has 40 heavy (non-hydrogen) atoms. The van der Waals surface area contributed by atoms with Crippen LogP contribution in [0.25, 0.3) is 10.8 Å². The van der Waals surface area contributed by atoms with E-state index in [9.17, 15) is 9.59 Å². The summed E-state index contributed by atoms with van der Waals surface area (Å²) in [4.78, 5) is 35.6. The van der Waals surface area contributed by atoms with E-state index in [0.717, 1.165) is 16.3 Å². The van der Waals surface area contributed by atoms with Gasteiger partial charge in [-0.3, -0.25) is 0 Å². The Morgan fingerprint density at radius 2 is 1.82 bits per heavy atom. The Labute approximate surface area is 234 Å². The molecule has 2 aromatic heterocycles. The summed E-state index contributed by atoms with van der Waals surface area (Å²) in [7, 11) is 0. The van der Waals surface area contributed by atoms with Crippen molar-refractivity contribution >= 4 is 34.5 Å². The molecule has 0 atom stereocenters. The third kappa shape index (κ3) is 5.82. The maximum Gasteiger partial charge on any atom is 0.410 e. The molecule has 0 bridgehead atoms. The van der Waals surface area contributed by atoms with Crippen molar-refractivity contribution in [2.24, 2.45) is 5.73 Å². The van der Waals surface area contributed by atoms with Crippen LogP contribution in [0.1, 0.15) is 70.1 Å². The molecule has 3 N–H and O–H groups in total. The minimum Gasteiger partial charge on any atom is -0.486 e. The molecule has 212 valence electrons. The van der Waals surface area contributed by atoms with E-state index >= 15 is 0 Å². The van der Waals surface area contributed by atoms with E-state index < -0.39 is 16.7 Å². The first-order valence-electron chi connectivity index (χ1n) is 13.4. The van der Waals surface area contributed by atoms with Crippen molar-refractivity contribution in [1.82, 2.24) is 14.9 Å². The third-order valence-corrected chi connectivity index (χ3v) is 6.76. The molecule has 2 aliphatic heterocycles. The van der Waals surface area contributed by atoms with Crippen molar-refractivity contribution in [2.45, 2.75) is 77.7 Å². The van der Waals surface area contributed by atoms with Crippen LogP contribution in [0, 0.1) is 0 Å². The highest BCUT2D eigenvalue weighted by atomic mass is 16.6. The van der Waals surface area contributed by atoms with E-state index in [1.807, 2.05) is 66.7 Å². The molecule has 0 radical (unpaired) electrons. The summed E-state index contributed by atoms with van der Waals surface area (Å²) in [6, 6.07) is 9.27. The van der Waals surface area contributed by atoms with Crippen LogP contribution in [0.15, 0.2) is 36.5 Å². The highest BCUT2D eigenvalue weighted by Gasteiger charge is 2.36. The first kappa shape index (κ1) is 27.6. The van der Waals surface area contributed by atoms with E-state index in [1.165, 1.54) is 0 Å². The Morgan fingerprint density at radius 1 is 1.10 bits per heavy atom. The van der Waals surface area contributed by atoms with Crippen LogP contribution < -0.4 is 15.8 Å². The molecular weight excluding hydrogens is 510 g/mol. The van der Waals surface area contributed by atoms with Gasteiger partial charge in [0.1, 0.15) is 34.7 Å². The Hall–Kier alpha value is -3.92. The number of fused-ring (bicyclic) bond motifs is 2. The summed E-state index contributed by atoms with van der Waals surface area (Å²) in [6.07, 6.45) is 1.78. The number of benzene rings is 1. The van der Waals surface area contributed by atoms with Crippen molar-refractivity contribution in [3.8, 4) is 5.75 Å². The normalized spacial score (nSPS) is 17.1. The Bertz CT molecular complexity index is 1480. The average Bonchev–Trinajstić information content (AvgIpc) is 2.77. The lowest BCUT2D eigenvalue weighted by Crippen LogP contribution is -2.57. The molecule has 3 aromatic rings. The molecule has 0 aliphatic carbocycles. The van der Waals surface area contributed by atoms with Gasteiger partial charge in [0.15, 0.2) is 0 Å². The number of esters is 1. The van der Waals surface area contributed by atoms with Crippen LogP contribution >= 0.6 is 0 Å². The second-order valence-electron chi connectivity index (χ2n) is 12.7. The SMILES string of the molecule is CC(C)(C)OC(=O)N1CC(Oc2ccc(C(C)(C)N)c3cc(Nc4ccc5c(n4)CC(C)(C)OC5=O)ncc23)C1.